The normalized spacial score (nSPS) is 10.1. The van der Waals surface area contributed by atoms with Gasteiger partial charge in [-0.05, 0) is 37.3 Å². The molecule has 1 aromatic heterocycles. The van der Waals surface area contributed by atoms with E-state index in [9.17, 15) is 0 Å². The first kappa shape index (κ1) is 8.81. The highest BCUT2D eigenvalue weighted by Crippen LogP contribution is 2.19. The first-order valence-corrected chi connectivity index (χ1v) is 4.63. The van der Waals surface area contributed by atoms with Crippen LogP contribution in [0.3, 0.4) is 0 Å². The molecule has 0 spiro atoms. The molecule has 0 aliphatic rings. The van der Waals surface area contributed by atoms with Crippen molar-refractivity contribution in [3.05, 3.63) is 36.5 Å². The van der Waals surface area contributed by atoms with Gasteiger partial charge in [0.25, 0.3) is 0 Å². The highest BCUT2D eigenvalue weighted by Gasteiger charge is 1.99. The van der Waals surface area contributed by atoms with Crippen LogP contribution in [0.15, 0.2) is 36.5 Å². The van der Waals surface area contributed by atoms with Gasteiger partial charge in [-0.2, -0.15) is 5.10 Å². The van der Waals surface area contributed by atoms with Gasteiger partial charge < -0.3 is 4.74 Å². The Labute approximate surface area is 82.7 Å². The van der Waals surface area contributed by atoms with Crippen LogP contribution in [0, 0.1) is 0 Å². The van der Waals surface area contributed by atoms with Crippen LogP contribution in [-0.2, 0) is 0 Å². The molecule has 0 atom stereocenters. The summed E-state index contributed by atoms with van der Waals surface area (Å²) in [5.74, 6) is 0.895. The number of nitrogens with zero attached hydrogens (tertiary/aromatic N) is 1. The summed E-state index contributed by atoms with van der Waals surface area (Å²) in [7, 11) is 0. The Morgan fingerprint density at radius 3 is 2.57 bits per heavy atom. The lowest BCUT2D eigenvalue weighted by Gasteiger charge is -2.02. The van der Waals surface area contributed by atoms with E-state index in [-0.39, 0.29) is 0 Å². The molecule has 0 aliphatic heterocycles. The molecule has 2 aromatic rings. The second kappa shape index (κ2) is 3.96. The maximum Gasteiger partial charge on any atom is 0.119 e. The highest BCUT2D eigenvalue weighted by molar-refractivity contribution is 5.59. The summed E-state index contributed by atoms with van der Waals surface area (Å²) in [6.45, 7) is 2.67. The third-order valence-corrected chi connectivity index (χ3v) is 1.96. The minimum Gasteiger partial charge on any atom is -0.494 e. The predicted octanol–water partition coefficient (Wildman–Crippen LogP) is 2.48. The maximum atomic E-state index is 5.35. The van der Waals surface area contributed by atoms with E-state index in [2.05, 4.69) is 10.2 Å². The number of nitrogens with one attached hydrogen (secondary N) is 1. The average molecular weight is 188 g/mol. The van der Waals surface area contributed by atoms with Crippen LogP contribution in [-0.4, -0.2) is 16.8 Å². The zero-order valence-corrected chi connectivity index (χ0v) is 8.03. The number of H-pyrrole nitrogens is 1. The summed E-state index contributed by atoms with van der Waals surface area (Å²) in [4.78, 5) is 0. The van der Waals surface area contributed by atoms with Gasteiger partial charge in [-0.25, -0.2) is 0 Å². The number of benzene rings is 1. The van der Waals surface area contributed by atoms with E-state index in [1.165, 1.54) is 0 Å². The quantitative estimate of drug-likeness (QED) is 0.803. The van der Waals surface area contributed by atoms with Crippen molar-refractivity contribution in [1.29, 1.82) is 0 Å². The van der Waals surface area contributed by atoms with E-state index in [0.29, 0.717) is 6.61 Å². The van der Waals surface area contributed by atoms with Gasteiger partial charge in [0, 0.05) is 11.8 Å². The van der Waals surface area contributed by atoms with Gasteiger partial charge >= 0.3 is 0 Å². The SMILES string of the molecule is CCOc1ccc(-c2cc[nH]n2)cc1. The lowest BCUT2D eigenvalue weighted by Crippen LogP contribution is -1.90. The van der Waals surface area contributed by atoms with Gasteiger partial charge in [-0.3, -0.25) is 5.10 Å². The maximum absolute atomic E-state index is 5.35. The van der Waals surface area contributed by atoms with Gasteiger partial charge in [0.15, 0.2) is 0 Å². The Balaban J connectivity index is 2.22. The number of aromatic amines is 1. The van der Waals surface area contributed by atoms with Crippen LogP contribution in [0.25, 0.3) is 11.3 Å². The summed E-state index contributed by atoms with van der Waals surface area (Å²) in [5.41, 5.74) is 2.04. The van der Waals surface area contributed by atoms with E-state index >= 15 is 0 Å². The van der Waals surface area contributed by atoms with Gasteiger partial charge in [0.2, 0.25) is 0 Å². The fraction of sp³-hybridized carbons (Fsp3) is 0.182. The second-order valence-electron chi connectivity index (χ2n) is 2.92. The smallest absolute Gasteiger partial charge is 0.119 e. The zero-order valence-electron chi connectivity index (χ0n) is 8.03. The predicted molar refractivity (Wildman–Crippen MR) is 55.2 cm³/mol. The van der Waals surface area contributed by atoms with Crippen molar-refractivity contribution in [2.24, 2.45) is 0 Å². The van der Waals surface area contributed by atoms with E-state index in [0.717, 1.165) is 17.0 Å². The number of ether oxygens (including phenoxy) is 1. The average Bonchev–Trinajstić information content (AvgIpc) is 2.72. The fourth-order valence-electron chi connectivity index (χ4n) is 1.31. The molecule has 0 amide bonds. The molecule has 72 valence electrons. The molecule has 1 aromatic carbocycles. The number of hydrogen-bond acceptors (Lipinski definition) is 2. The van der Waals surface area contributed by atoms with Gasteiger partial charge in [0.05, 0.1) is 12.3 Å². The molecule has 0 fully saturated rings. The summed E-state index contributed by atoms with van der Waals surface area (Å²) in [6.07, 6.45) is 1.81. The molecule has 0 saturated heterocycles. The largest absolute Gasteiger partial charge is 0.494 e. The summed E-state index contributed by atoms with van der Waals surface area (Å²) in [5, 5.41) is 6.88. The van der Waals surface area contributed by atoms with E-state index < -0.39 is 0 Å². The van der Waals surface area contributed by atoms with Crippen molar-refractivity contribution < 1.29 is 4.74 Å². The summed E-state index contributed by atoms with van der Waals surface area (Å²) >= 11 is 0. The molecule has 1 N–H and O–H groups in total. The molecule has 3 nitrogen and oxygen atoms in total. The van der Waals surface area contributed by atoms with Gasteiger partial charge in [-0.15, -0.1) is 0 Å². The molecule has 0 saturated carbocycles. The minimum absolute atomic E-state index is 0.696. The van der Waals surface area contributed by atoms with Gasteiger partial charge in [-0.1, -0.05) is 0 Å². The van der Waals surface area contributed by atoms with Crippen molar-refractivity contribution in [3.8, 4) is 17.0 Å². The fourth-order valence-corrected chi connectivity index (χ4v) is 1.31. The molecule has 14 heavy (non-hydrogen) atoms. The topological polar surface area (TPSA) is 37.9 Å². The standard InChI is InChI=1S/C11H12N2O/c1-2-14-10-5-3-9(4-6-10)11-7-8-12-13-11/h3-8H,2H2,1H3,(H,12,13). The Hall–Kier alpha value is -1.77. The molecule has 0 unspecified atom stereocenters. The van der Waals surface area contributed by atoms with Crippen molar-refractivity contribution in [1.82, 2.24) is 10.2 Å². The molecular formula is C11H12N2O. The molecular weight excluding hydrogens is 176 g/mol. The first-order valence-electron chi connectivity index (χ1n) is 4.63. The summed E-state index contributed by atoms with van der Waals surface area (Å²) in [6, 6.07) is 9.85. The monoisotopic (exact) mass is 188 g/mol. The molecule has 3 heteroatoms. The Kier molecular flexibility index (Phi) is 2.49. The van der Waals surface area contributed by atoms with Crippen LogP contribution in [0.4, 0.5) is 0 Å². The highest BCUT2D eigenvalue weighted by atomic mass is 16.5. The van der Waals surface area contributed by atoms with Crippen LogP contribution in [0.1, 0.15) is 6.92 Å². The van der Waals surface area contributed by atoms with Crippen LogP contribution in [0.5, 0.6) is 5.75 Å². The lowest BCUT2D eigenvalue weighted by molar-refractivity contribution is 0.340. The Morgan fingerprint density at radius 2 is 2.00 bits per heavy atom. The van der Waals surface area contributed by atoms with E-state index in [4.69, 9.17) is 4.74 Å². The van der Waals surface area contributed by atoms with Crippen LogP contribution >= 0.6 is 0 Å². The zero-order chi connectivity index (χ0) is 9.80. The number of aromatic nitrogens is 2. The number of rotatable bonds is 3. The van der Waals surface area contributed by atoms with Crippen LogP contribution < -0.4 is 4.74 Å². The minimum atomic E-state index is 0.696. The lowest BCUT2D eigenvalue weighted by atomic mass is 10.1. The van der Waals surface area contributed by atoms with E-state index in [1.807, 2.05) is 43.5 Å². The first-order chi connectivity index (χ1) is 6.90. The Morgan fingerprint density at radius 1 is 1.21 bits per heavy atom. The second-order valence-corrected chi connectivity index (χ2v) is 2.92. The van der Waals surface area contributed by atoms with Crippen LogP contribution in [0.2, 0.25) is 0 Å². The summed E-state index contributed by atoms with van der Waals surface area (Å²) < 4.78 is 5.35. The molecule has 1 heterocycles. The third kappa shape index (κ3) is 1.76. The van der Waals surface area contributed by atoms with Crippen molar-refractivity contribution in [2.45, 2.75) is 6.92 Å². The van der Waals surface area contributed by atoms with Crippen molar-refractivity contribution in [3.63, 3.8) is 0 Å². The molecule has 0 bridgehead atoms. The van der Waals surface area contributed by atoms with Crippen molar-refractivity contribution >= 4 is 0 Å². The number of hydrogen-bond donors (Lipinski definition) is 1. The van der Waals surface area contributed by atoms with Gasteiger partial charge in [0.1, 0.15) is 5.75 Å². The molecule has 0 radical (unpaired) electrons. The van der Waals surface area contributed by atoms with Crippen molar-refractivity contribution in [2.75, 3.05) is 6.61 Å². The third-order valence-electron chi connectivity index (χ3n) is 1.96. The van der Waals surface area contributed by atoms with E-state index in [1.54, 1.807) is 0 Å². The Bertz CT molecular complexity index is 378. The molecule has 0 aliphatic carbocycles. The molecule has 2 rings (SSSR count).